The van der Waals surface area contributed by atoms with Crippen molar-refractivity contribution >= 4 is 9.84 Å². The maximum Gasteiger partial charge on any atom is 0.151 e. The number of ether oxygens (including phenoxy) is 1. The van der Waals surface area contributed by atoms with Crippen LogP contribution in [0.2, 0.25) is 0 Å². The highest BCUT2D eigenvalue weighted by Gasteiger charge is 2.18. The molecule has 20 heavy (non-hydrogen) atoms. The third-order valence-corrected chi connectivity index (χ3v) is 5.22. The molecule has 0 saturated heterocycles. The van der Waals surface area contributed by atoms with Crippen molar-refractivity contribution in [1.82, 2.24) is 4.90 Å². The summed E-state index contributed by atoms with van der Waals surface area (Å²) in [6.07, 6.45) is 0. The quantitative estimate of drug-likeness (QED) is 0.701. The summed E-state index contributed by atoms with van der Waals surface area (Å²) in [6, 6.07) is 9.67. The van der Waals surface area contributed by atoms with Gasteiger partial charge in [-0.3, -0.25) is 4.90 Å². The van der Waals surface area contributed by atoms with Gasteiger partial charge in [0.25, 0.3) is 0 Å². The van der Waals surface area contributed by atoms with Crippen LogP contribution in [0.25, 0.3) is 0 Å². The van der Waals surface area contributed by atoms with Crippen LogP contribution in [-0.4, -0.2) is 50.6 Å². The molecule has 0 aliphatic carbocycles. The predicted octanol–water partition coefficient (Wildman–Crippen LogP) is 2.21. The van der Waals surface area contributed by atoms with E-state index < -0.39 is 9.84 Å². The first-order valence-corrected chi connectivity index (χ1v) is 8.93. The van der Waals surface area contributed by atoms with Gasteiger partial charge in [-0.05, 0) is 25.6 Å². The van der Waals surface area contributed by atoms with Crippen molar-refractivity contribution in [2.45, 2.75) is 26.8 Å². The second-order valence-corrected chi connectivity index (χ2v) is 7.24. The van der Waals surface area contributed by atoms with E-state index >= 15 is 0 Å². The first kappa shape index (κ1) is 17.0. The third-order valence-electron chi connectivity index (χ3n) is 3.35. The molecule has 0 spiro atoms. The first-order chi connectivity index (χ1) is 9.48. The molecule has 0 bridgehead atoms. The molecule has 1 rings (SSSR count). The number of hydrogen-bond donors (Lipinski definition) is 0. The van der Waals surface area contributed by atoms with E-state index in [4.69, 9.17) is 4.74 Å². The topological polar surface area (TPSA) is 46.6 Å². The van der Waals surface area contributed by atoms with Crippen LogP contribution in [0, 0.1) is 0 Å². The Morgan fingerprint density at radius 2 is 1.85 bits per heavy atom. The molecule has 0 heterocycles. The van der Waals surface area contributed by atoms with Gasteiger partial charge in [0.2, 0.25) is 0 Å². The first-order valence-electron chi connectivity index (χ1n) is 7.10. The molecule has 0 N–H and O–H groups in total. The van der Waals surface area contributed by atoms with Crippen LogP contribution in [0.1, 0.15) is 20.8 Å². The van der Waals surface area contributed by atoms with Crippen LogP contribution >= 0.6 is 0 Å². The van der Waals surface area contributed by atoms with E-state index in [9.17, 15) is 8.42 Å². The molecule has 5 heteroatoms. The summed E-state index contributed by atoms with van der Waals surface area (Å²) >= 11 is 0. The average molecular weight is 299 g/mol. The van der Waals surface area contributed by atoms with E-state index in [1.807, 2.05) is 44.2 Å². The molecule has 0 radical (unpaired) electrons. The highest BCUT2D eigenvalue weighted by atomic mass is 32.2. The Labute approximate surface area is 122 Å². The zero-order chi connectivity index (χ0) is 15.0. The van der Waals surface area contributed by atoms with Gasteiger partial charge in [-0.15, -0.1) is 0 Å². The minimum atomic E-state index is -2.93. The lowest BCUT2D eigenvalue weighted by atomic mass is 10.3. The minimum absolute atomic E-state index is 0.0179. The number of rotatable bonds is 9. The fourth-order valence-electron chi connectivity index (χ4n) is 2.08. The van der Waals surface area contributed by atoms with Gasteiger partial charge in [0, 0.05) is 18.3 Å². The Bertz CT molecular complexity index is 473. The molecule has 0 amide bonds. The number of hydrogen-bond acceptors (Lipinski definition) is 4. The molecule has 114 valence electrons. The fraction of sp³-hybridized carbons (Fsp3) is 0.600. The summed E-state index contributed by atoms with van der Waals surface area (Å²) in [6.45, 7) is 7.80. The molecule has 4 nitrogen and oxygen atoms in total. The number of sulfone groups is 1. The Morgan fingerprint density at radius 3 is 2.40 bits per heavy atom. The maximum absolute atomic E-state index is 11.7. The van der Waals surface area contributed by atoms with Gasteiger partial charge in [-0.2, -0.15) is 0 Å². The van der Waals surface area contributed by atoms with Crippen molar-refractivity contribution in [3.63, 3.8) is 0 Å². The average Bonchev–Trinajstić information content (AvgIpc) is 2.44. The van der Waals surface area contributed by atoms with Gasteiger partial charge in [0.05, 0.1) is 5.75 Å². The predicted molar refractivity (Wildman–Crippen MR) is 83.0 cm³/mol. The van der Waals surface area contributed by atoms with Crippen LogP contribution in [0.4, 0.5) is 0 Å². The number of likely N-dealkylation sites (N-methyl/N-ethyl adjacent to an activating group) is 1. The van der Waals surface area contributed by atoms with Crippen molar-refractivity contribution in [3.05, 3.63) is 30.3 Å². The number of benzene rings is 1. The van der Waals surface area contributed by atoms with E-state index in [0.29, 0.717) is 6.61 Å². The van der Waals surface area contributed by atoms with Crippen LogP contribution < -0.4 is 4.74 Å². The van der Waals surface area contributed by atoms with Crippen molar-refractivity contribution < 1.29 is 13.2 Å². The molecule has 0 unspecified atom stereocenters. The minimum Gasteiger partial charge on any atom is -0.492 e. The molecule has 1 aromatic rings. The molecule has 0 saturated carbocycles. The maximum atomic E-state index is 11.7. The summed E-state index contributed by atoms with van der Waals surface area (Å²) in [5.74, 6) is 1.26. The molecule has 1 atom stereocenters. The summed E-state index contributed by atoms with van der Waals surface area (Å²) in [5.41, 5.74) is 0. The standard InChI is InChI=1S/C15H25NO3S/c1-4-16(14(3)13-20(17,18)5-2)11-12-19-15-9-7-6-8-10-15/h6-10,14H,4-5,11-13H2,1-3H3/t14-/m1/s1. The van der Waals surface area contributed by atoms with E-state index in [1.54, 1.807) is 6.92 Å². The number of para-hydroxylation sites is 1. The lowest BCUT2D eigenvalue weighted by Crippen LogP contribution is -2.40. The largest absolute Gasteiger partial charge is 0.492 e. The zero-order valence-electron chi connectivity index (χ0n) is 12.6. The lowest BCUT2D eigenvalue weighted by molar-refractivity contribution is 0.184. The van der Waals surface area contributed by atoms with Gasteiger partial charge in [0.1, 0.15) is 12.4 Å². The summed E-state index contributed by atoms with van der Waals surface area (Å²) < 4.78 is 29.0. The van der Waals surface area contributed by atoms with Crippen LogP contribution in [-0.2, 0) is 9.84 Å². The van der Waals surface area contributed by atoms with Crippen LogP contribution in [0.15, 0.2) is 30.3 Å². The molecule has 0 aromatic heterocycles. The van der Waals surface area contributed by atoms with Crippen LogP contribution in [0.3, 0.4) is 0 Å². The highest BCUT2D eigenvalue weighted by Crippen LogP contribution is 2.09. The summed E-state index contributed by atoms with van der Waals surface area (Å²) in [5, 5.41) is 0. The highest BCUT2D eigenvalue weighted by molar-refractivity contribution is 7.91. The van der Waals surface area contributed by atoms with E-state index in [1.165, 1.54) is 0 Å². The molecule has 0 fully saturated rings. The van der Waals surface area contributed by atoms with Gasteiger partial charge in [0.15, 0.2) is 9.84 Å². The molecule has 0 aliphatic rings. The molecular formula is C15H25NO3S. The summed E-state index contributed by atoms with van der Waals surface area (Å²) in [4.78, 5) is 2.14. The Hall–Kier alpha value is -1.07. The summed E-state index contributed by atoms with van der Waals surface area (Å²) in [7, 11) is -2.93. The monoisotopic (exact) mass is 299 g/mol. The van der Waals surface area contributed by atoms with Crippen molar-refractivity contribution in [3.8, 4) is 5.75 Å². The van der Waals surface area contributed by atoms with Crippen molar-refractivity contribution in [1.29, 1.82) is 0 Å². The van der Waals surface area contributed by atoms with E-state index in [-0.39, 0.29) is 17.5 Å². The van der Waals surface area contributed by atoms with E-state index in [0.717, 1.165) is 18.8 Å². The lowest BCUT2D eigenvalue weighted by Gasteiger charge is -2.27. The molecule has 0 aliphatic heterocycles. The zero-order valence-corrected chi connectivity index (χ0v) is 13.4. The fourth-order valence-corrected chi connectivity index (χ4v) is 3.26. The van der Waals surface area contributed by atoms with Crippen LogP contribution in [0.5, 0.6) is 5.75 Å². The van der Waals surface area contributed by atoms with Gasteiger partial charge in [-0.25, -0.2) is 8.42 Å². The molecular weight excluding hydrogens is 274 g/mol. The Kier molecular flexibility index (Phi) is 7.02. The second kappa shape index (κ2) is 8.27. The SMILES string of the molecule is CCN(CCOc1ccccc1)[C@H](C)CS(=O)(=O)CC. The van der Waals surface area contributed by atoms with E-state index in [2.05, 4.69) is 4.90 Å². The van der Waals surface area contributed by atoms with Crippen molar-refractivity contribution in [2.75, 3.05) is 31.2 Å². The number of nitrogens with zero attached hydrogens (tertiary/aromatic N) is 1. The smallest absolute Gasteiger partial charge is 0.151 e. The normalized spacial score (nSPS) is 13.4. The molecule has 1 aromatic carbocycles. The Balaban J connectivity index is 2.43. The second-order valence-electron chi connectivity index (χ2n) is 4.84. The van der Waals surface area contributed by atoms with Crippen molar-refractivity contribution in [2.24, 2.45) is 0 Å². The third kappa shape index (κ3) is 5.92. The Morgan fingerprint density at radius 1 is 1.20 bits per heavy atom. The van der Waals surface area contributed by atoms with Gasteiger partial charge < -0.3 is 4.74 Å². The van der Waals surface area contributed by atoms with Gasteiger partial charge in [-0.1, -0.05) is 32.0 Å². The van der Waals surface area contributed by atoms with Gasteiger partial charge >= 0.3 is 0 Å².